The molecule has 1 saturated heterocycles. The lowest BCUT2D eigenvalue weighted by Crippen LogP contribution is -2.42. The number of amides is 1. The molecule has 0 radical (unpaired) electrons. The van der Waals surface area contributed by atoms with Crippen LogP contribution in [0.4, 0.5) is 0 Å². The van der Waals surface area contributed by atoms with Gasteiger partial charge in [0.1, 0.15) is 11.9 Å². The molecule has 1 aliphatic heterocycles. The van der Waals surface area contributed by atoms with Gasteiger partial charge in [-0.3, -0.25) is 14.8 Å². The van der Waals surface area contributed by atoms with Gasteiger partial charge in [0, 0.05) is 12.3 Å². The molecule has 0 aliphatic carbocycles. The minimum absolute atomic E-state index is 0.291. The number of piperidine rings is 1. The molecule has 3 N–H and O–H groups in total. The Kier molecular flexibility index (Phi) is 4.71. The molecule has 1 fully saturated rings. The van der Waals surface area contributed by atoms with Gasteiger partial charge in [0.05, 0.1) is 0 Å². The lowest BCUT2D eigenvalue weighted by atomic mass is 9.93. The molecular weight excluding hydrogens is 290 g/mol. The topological polar surface area (TPSA) is 87.9 Å². The summed E-state index contributed by atoms with van der Waals surface area (Å²) in [4.78, 5) is 18.7. The molecule has 0 unspecified atom stereocenters. The Morgan fingerprint density at radius 3 is 2.61 bits per heavy atom. The molecule has 1 aromatic heterocycles. The predicted molar refractivity (Wildman–Crippen MR) is 87.7 cm³/mol. The van der Waals surface area contributed by atoms with Crippen LogP contribution in [0.15, 0.2) is 30.3 Å². The Morgan fingerprint density at radius 1 is 1.35 bits per heavy atom. The summed E-state index contributed by atoms with van der Waals surface area (Å²) in [6.45, 7) is 3.70. The van der Waals surface area contributed by atoms with Crippen molar-refractivity contribution in [3.05, 3.63) is 47.5 Å². The third-order valence-corrected chi connectivity index (χ3v) is 4.53. The Bertz CT molecular complexity index is 646. The van der Waals surface area contributed by atoms with Crippen LogP contribution in [0.3, 0.4) is 0 Å². The highest BCUT2D eigenvalue weighted by molar-refractivity contribution is 5.81. The van der Waals surface area contributed by atoms with E-state index in [2.05, 4.69) is 27.0 Å². The fraction of sp³-hybridized carbons (Fsp3) is 0.471. The number of H-pyrrole nitrogens is 1. The molecule has 2 heterocycles. The number of nitrogens with one attached hydrogen (secondary N) is 1. The molecular formula is C17H23N5O. The van der Waals surface area contributed by atoms with Gasteiger partial charge in [-0.1, -0.05) is 37.3 Å². The van der Waals surface area contributed by atoms with Gasteiger partial charge < -0.3 is 5.73 Å². The summed E-state index contributed by atoms with van der Waals surface area (Å²) in [6.07, 6.45) is 2.75. The standard InChI is InChI=1S/C17H23N5O/c1-2-14-19-17(21-20-14)13-8-10-22(11-9-13)15(16(18)23)12-6-4-3-5-7-12/h3-7,13,15H,2,8-11H2,1H3,(H2,18,23)(H,19,20,21)/t15-/m1/s1. The molecule has 3 rings (SSSR count). The molecule has 1 aliphatic rings. The van der Waals surface area contributed by atoms with Gasteiger partial charge in [0.25, 0.3) is 0 Å². The van der Waals surface area contributed by atoms with Crippen molar-refractivity contribution in [3.63, 3.8) is 0 Å². The summed E-state index contributed by atoms with van der Waals surface area (Å²) in [6, 6.07) is 9.41. The van der Waals surface area contributed by atoms with Gasteiger partial charge in [-0.05, 0) is 31.5 Å². The van der Waals surface area contributed by atoms with Gasteiger partial charge in [-0.15, -0.1) is 0 Å². The molecule has 0 spiro atoms. The Balaban J connectivity index is 1.68. The van der Waals surface area contributed by atoms with E-state index < -0.39 is 0 Å². The molecule has 6 nitrogen and oxygen atoms in total. The van der Waals surface area contributed by atoms with Crippen LogP contribution in [-0.2, 0) is 11.2 Å². The van der Waals surface area contributed by atoms with Crippen LogP contribution in [0.5, 0.6) is 0 Å². The first-order chi connectivity index (χ1) is 11.2. The predicted octanol–water partition coefficient (Wildman–Crippen LogP) is 1.77. The van der Waals surface area contributed by atoms with Crippen molar-refractivity contribution in [2.75, 3.05) is 13.1 Å². The highest BCUT2D eigenvalue weighted by atomic mass is 16.1. The van der Waals surface area contributed by atoms with Gasteiger partial charge in [-0.2, -0.15) is 5.10 Å². The number of rotatable bonds is 5. The molecule has 2 aromatic rings. The number of hydrogen-bond donors (Lipinski definition) is 2. The second kappa shape index (κ2) is 6.91. The monoisotopic (exact) mass is 313 g/mol. The van der Waals surface area contributed by atoms with E-state index in [-0.39, 0.29) is 11.9 Å². The smallest absolute Gasteiger partial charge is 0.239 e. The fourth-order valence-corrected chi connectivity index (χ4v) is 3.26. The lowest BCUT2D eigenvalue weighted by molar-refractivity contribution is -0.124. The first-order valence-corrected chi connectivity index (χ1v) is 8.18. The van der Waals surface area contributed by atoms with Crippen molar-refractivity contribution < 1.29 is 4.79 Å². The third-order valence-electron chi connectivity index (χ3n) is 4.53. The summed E-state index contributed by atoms with van der Waals surface area (Å²) >= 11 is 0. The van der Waals surface area contributed by atoms with Crippen LogP contribution >= 0.6 is 0 Å². The Hall–Kier alpha value is -2.21. The van der Waals surface area contributed by atoms with Gasteiger partial charge >= 0.3 is 0 Å². The zero-order valence-electron chi connectivity index (χ0n) is 13.4. The van der Waals surface area contributed by atoms with Crippen LogP contribution < -0.4 is 5.73 Å². The van der Waals surface area contributed by atoms with E-state index in [9.17, 15) is 4.79 Å². The van der Waals surface area contributed by atoms with Crippen molar-refractivity contribution >= 4 is 5.91 Å². The second-order valence-electron chi connectivity index (χ2n) is 6.02. The number of nitrogens with two attached hydrogens (primary N) is 1. The van der Waals surface area contributed by atoms with E-state index in [4.69, 9.17) is 5.73 Å². The molecule has 23 heavy (non-hydrogen) atoms. The zero-order valence-corrected chi connectivity index (χ0v) is 13.4. The van der Waals surface area contributed by atoms with E-state index in [0.29, 0.717) is 5.92 Å². The summed E-state index contributed by atoms with van der Waals surface area (Å²) in [5, 5.41) is 7.31. The maximum atomic E-state index is 11.9. The number of aromatic amines is 1. The highest BCUT2D eigenvalue weighted by Gasteiger charge is 2.31. The van der Waals surface area contributed by atoms with Crippen LogP contribution in [0.1, 0.15) is 48.9 Å². The second-order valence-corrected chi connectivity index (χ2v) is 6.02. The van der Waals surface area contributed by atoms with Crippen LogP contribution in [0.2, 0.25) is 0 Å². The zero-order chi connectivity index (χ0) is 16.2. The summed E-state index contributed by atoms with van der Waals surface area (Å²) in [5.74, 6) is 1.89. The molecule has 122 valence electrons. The number of primary amides is 1. The maximum Gasteiger partial charge on any atom is 0.239 e. The van der Waals surface area contributed by atoms with E-state index in [0.717, 1.165) is 49.6 Å². The summed E-state index contributed by atoms with van der Waals surface area (Å²) in [5.41, 5.74) is 6.62. The average Bonchev–Trinajstić information content (AvgIpc) is 3.05. The number of hydrogen-bond acceptors (Lipinski definition) is 4. The number of carbonyl (C=O) groups is 1. The molecule has 6 heteroatoms. The SMILES string of the molecule is CCc1nc(C2CCN([C@@H](C(N)=O)c3ccccc3)CC2)n[nH]1. The van der Waals surface area contributed by atoms with Crippen LogP contribution in [0.25, 0.3) is 0 Å². The Morgan fingerprint density at radius 2 is 2.04 bits per heavy atom. The Labute approximate surface area is 136 Å². The van der Waals surface area contributed by atoms with Crippen LogP contribution in [0, 0.1) is 0 Å². The first kappa shape index (κ1) is 15.7. The number of carbonyl (C=O) groups excluding carboxylic acids is 1. The van der Waals surface area contributed by atoms with Crippen LogP contribution in [-0.4, -0.2) is 39.1 Å². The molecule has 0 saturated carbocycles. The van der Waals surface area contributed by atoms with E-state index in [1.54, 1.807) is 0 Å². The quantitative estimate of drug-likeness (QED) is 0.880. The minimum Gasteiger partial charge on any atom is -0.368 e. The number of benzene rings is 1. The number of nitrogens with zero attached hydrogens (tertiary/aromatic N) is 3. The van der Waals surface area contributed by atoms with Crippen molar-refractivity contribution in [1.29, 1.82) is 0 Å². The summed E-state index contributed by atoms with van der Waals surface area (Å²) in [7, 11) is 0. The molecule has 1 aromatic carbocycles. The molecule has 1 atom stereocenters. The van der Waals surface area contributed by atoms with Gasteiger partial charge in [0.2, 0.25) is 5.91 Å². The number of likely N-dealkylation sites (tertiary alicyclic amines) is 1. The summed E-state index contributed by atoms with van der Waals surface area (Å²) < 4.78 is 0. The van der Waals surface area contributed by atoms with E-state index in [1.807, 2.05) is 30.3 Å². The van der Waals surface area contributed by atoms with Gasteiger partial charge in [0.15, 0.2) is 5.82 Å². The van der Waals surface area contributed by atoms with Gasteiger partial charge in [-0.25, -0.2) is 4.98 Å². The maximum absolute atomic E-state index is 11.9. The largest absolute Gasteiger partial charge is 0.368 e. The van der Waals surface area contributed by atoms with E-state index in [1.165, 1.54) is 0 Å². The number of aromatic nitrogens is 3. The number of aryl methyl sites for hydroxylation is 1. The first-order valence-electron chi connectivity index (χ1n) is 8.18. The van der Waals surface area contributed by atoms with Crippen molar-refractivity contribution in [1.82, 2.24) is 20.1 Å². The molecule has 0 bridgehead atoms. The average molecular weight is 313 g/mol. The fourth-order valence-electron chi connectivity index (χ4n) is 3.26. The van der Waals surface area contributed by atoms with Crippen molar-refractivity contribution in [3.8, 4) is 0 Å². The third kappa shape index (κ3) is 3.42. The van der Waals surface area contributed by atoms with E-state index >= 15 is 0 Å². The lowest BCUT2D eigenvalue weighted by Gasteiger charge is -2.35. The normalized spacial score (nSPS) is 18.0. The van der Waals surface area contributed by atoms with Crippen molar-refractivity contribution in [2.45, 2.75) is 38.1 Å². The van der Waals surface area contributed by atoms with Crippen molar-refractivity contribution in [2.24, 2.45) is 5.73 Å². The highest BCUT2D eigenvalue weighted by Crippen LogP contribution is 2.30. The minimum atomic E-state index is -0.351. The molecule has 1 amide bonds.